The van der Waals surface area contributed by atoms with Crippen molar-refractivity contribution >= 4 is 158 Å². The van der Waals surface area contributed by atoms with Crippen molar-refractivity contribution in [2.45, 2.75) is 188 Å². The lowest BCUT2D eigenvalue weighted by molar-refractivity contribution is 0.0593. The second-order valence-corrected chi connectivity index (χ2v) is 44.4. The second-order valence-electron chi connectivity index (χ2n) is 39.6. The van der Waals surface area contributed by atoms with Crippen molar-refractivity contribution in [3.63, 3.8) is 0 Å². The van der Waals surface area contributed by atoms with Gasteiger partial charge in [0, 0.05) is 192 Å². The second kappa shape index (κ2) is 43.4. The maximum absolute atomic E-state index is 14.0. The summed E-state index contributed by atoms with van der Waals surface area (Å²) < 4.78 is 60.2. The Kier molecular flexibility index (Phi) is 30.6. The predicted octanol–water partition coefficient (Wildman–Crippen LogP) is 17.4. The molecule has 35 nitrogen and oxygen atoms in total. The Morgan fingerprint density at radius 3 is 1.40 bits per heavy atom. The van der Waals surface area contributed by atoms with E-state index in [2.05, 4.69) is 108 Å². The molecule has 9 aliphatic rings. The van der Waals surface area contributed by atoms with Crippen LogP contribution >= 0.6 is 34.8 Å². The molecular weight excluding hydrogens is 1920 g/mol. The van der Waals surface area contributed by atoms with Crippen LogP contribution in [0.1, 0.15) is 250 Å². The van der Waals surface area contributed by atoms with Crippen molar-refractivity contribution in [1.29, 1.82) is 0 Å². The number of rotatable bonds is 21. The smallest absolute Gasteiger partial charge is 0.274 e. The third-order valence-electron chi connectivity index (χ3n) is 28.7. The van der Waals surface area contributed by atoms with Gasteiger partial charge in [-0.25, -0.2) is 50.8 Å². The van der Waals surface area contributed by atoms with Gasteiger partial charge in [0.1, 0.15) is 46.3 Å². The van der Waals surface area contributed by atoms with Crippen LogP contribution in [0.2, 0.25) is 15.1 Å². The van der Waals surface area contributed by atoms with Crippen LogP contribution in [0.5, 0.6) is 0 Å². The summed E-state index contributed by atoms with van der Waals surface area (Å²) >= 11 is 18.7. The molecule has 9 saturated heterocycles. The number of hydrogen-bond acceptors (Lipinski definition) is 24. The summed E-state index contributed by atoms with van der Waals surface area (Å²) in [4.78, 5) is 101. The Labute approximate surface area is 849 Å². The summed E-state index contributed by atoms with van der Waals surface area (Å²) in [7, 11) is -7.18. The number of aromatic nitrogens is 14. The number of carbonyl (C=O) groups is 4. The lowest BCUT2D eigenvalue weighted by Crippen LogP contribution is -2.40. The number of carbonyl (C=O) groups excluding carboxylic acids is 4. The summed E-state index contributed by atoms with van der Waals surface area (Å²) in [6.45, 7) is 24.1. The number of para-hydroxylation sites is 1. The molecule has 0 unspecified atom stereocenters. The highest BCUT2D eigenvalue weighted by atomic mass is 35.5. The largest absolute Gasteiger partial charge is 0.396 e. The lowest BCUT2D eigenvalue weighted by atomic mass is 9.98. The van der Waals surface area contributed by atoms with Gasteiger partial charge in [-0.2, -0.15) is 29.4 Å². The van der Waals surface area contributed by atoms with E-state index in [4.69, 9.17) is 75.1 Å². The number of benzene rings is 3. The number of likely N-dealkylation sites (tertiary alicyclic amines) is 4. The number of aliphatic hydroxyl groups is 1. The highest BCUT2D eigenvalue weighted by molar-refractivity contribution is 7.92. The van der Waals surface area contributed by atoms with Crippen LogP contribution in [-0.2, 0) is 20.0 Å². The third-order valence-corrected chi connectivity index (χ3v) is 30.7. The summed E-state index contributed by atoms with van der Waals surface area (Å²) in [5.74, 6) is 6.72. The molecule has 0 spiro atoms. The molecule has 0 radical (unpaired) electrons. The molecule has 0 aliphatic carbocycles. The molecule has 22 rings (SSSR count). The molecule has 3 aromatic carbocycles. The van der Waals surface area contributed by atoms with Crippen LogP contribution in [0.15, 0.2) is 134 Å². The minimum atomic E-state index is -3.60. The molecule has 0 saturated carbocycles. The van der Waals surface area contributed by atoms with Crippen molar-refractivity contribution in [2.75, 3.05) is 157 Å². The van der Waals surface area contributed by atoms with Crippen LogP contribution < -0.4 is 39.3 Å². The van der Waals surface area contributed by atoms with E-state index < -0.39 is 20.0 Å². The molecule has 4 amide bonds. The van der Waals surface area contributed by atoms with Gasteiger partial charge in [-0.3, -0.25) is 28.6 Å². The number of halogens is 3. The molecule has 10 aromatic heterocycles. The van der Waals surface area contributed by atoms with Crippen LogP contribution in [-0.4, -0.2) is 251 Å². The number of amides is 4. The van der Waals surface area contributed by atoms with Gasteiger partial charge in [-0.1, -0.05) is 81.2 Å². The van der Waals surface area contributed by atoms with Gasteiger partial charge in [0.25, 0.3) is 23.6 Å². The molecule has 0 bridgehead atoms. The number of nitrogens with zero attached hydrogens (tertiary/aromatic N) is 22. The standard InChI is InChI=1S/C28H36ClN7O4S.C26H30N6O.C25H32ClN7O3S.C23H27ClN6O.CH4/c1-41(39,40)32-22-9-8-20(29)14-21(22)28(38)35-13-3-2-7-24(35)23-15-26-30-25(33-11-5-12-33)16-27(36(26)31-23)34-10-4-6-19(17-34)18-37;1-17-10-12-30(15-17)25-18(2)16-32-24(28-25)14-21(29-32)23-9-5-6-11-31(23)26(33)22-13-19-7-3-4-8-20(19)27-22;1-3-10-27-22-16-23(31-11-6-12-31)28-24-15-20(29-33(22)24)21-7-4-5-13-32(21)25(34)18-14-17(26)8-9-19(18)30-37(2,35)36;1-15-8-11-28(13-15)22-16(2)14-30-20(26-22)12-18(27-30)19-7-3-4-10-29(19)23(31)21-17(24)6-5-9-25-21;/h8-9,14-16,19,24,32,37H,2-7,10-13,17-18H2,1H3;3-4,7-8,13-14,16-17,23,27H,5-6,9-12,15H2,1-2H3;8-9,14-16,21,27,30H,3-7,10-13H2,1-2H3;5-6,9,12,14-15,19H,3-4,7-8,10-11,13H2,1-2H3;1H4/t19-,24+;17-,23-;21-;15-,19-;/m1000./s1. The Morgan fingerprint density at radius 2 is 0.930 bits per heavy atom. The minimum absolute atomic E-state index is 0. The number of pyridine rings is 1. The molecular formula is C103H129Cl3N26O9S2. The van der Waals surface area contributed by atoms with E-state index in [1.165, 1.54) is 37.1 Å². The average Bonchev–Trinajstić information content (AvgIpc) is 1.38. The van der Waals surface area contributed by atoms with Crippen molar-refractivity contribution < 1.29 is 41.1 Å². The summed E-state index contributed by atoms with van der Waals surface area (Å²) in [6.07, 6.45) is 26.5. The number of H-pyrrole nitrogens is 1. The molecule has 143 heavy (non-hydrogen) atoms. The van der Waals surface area contributed by atoms with Crippen LogP contribution in [0.3, 0.4) is 0 Å². The van der Waals surface area contributed by atoms with Gasteiger partial charge in [-0.15, -0.1) is 0 Å². The van der Waals surface area contributed by atoms with E-state index in [0.29, 0.717) is 57.9 Å². The van der Waals surface area contributed by atoms with Gasteiger partial charge in [0.15, 0.2) is 22.6 Å². The molecule has 9 fully saturated rings. The highest BCUT2D eigenvalue weighted by Gasteiger charge is 2.40. The normalized spacial score (nSPS) is 20.6. The number of sulfonamides is 2. The Morgan fingerprint density at radius 1 is 0.462 bits per heavy atom. The van der Waals surface area contributed by atoms with E-state index in [0.717, 1.165) is 303 Å². The predicted molar refractivity (Wildman–Crippen MR) is 563 cm³/mol. The lowest BCUT2D eigenvalue weighted by Gasteiger charge is -2.36. The fourth-order valence-corrected chi connectivity index (χ4v) is 22.9. The monoisotopic (exact) mass is 2040 g/mol. The van der Waals surface area contributed by atoms with Crippen LogP contribution in [0, 0.1) is 31.6 Å². The Bertz CT molecular complexity index is 7070. The average molecular weight is 2050 g/mol. The summed E-state index contributed by atoms with van der Waals surface area (Å²) in [6, 6.07) is 34.1. The molecule has 758 valence electrons. The van der Waals surface area contributed by atoms with Crippen molar-refractivity contribution in [3.05, 3.63) is 205 Å². The fourth-order valence-electron chi connectivity index (χ4n) is 21.2. The van der Waals surface area contributed by atoms with Gasteiger partial charge in [0.2, 0.25) is 20.0 Å². The molecule has 7 atom stereocenters. The number of aromatic amines is 1. The Hall–Kier alpha value is -12.2. The maximum Gasteiger partial charge on any atom is 0.274 e. The van der Waals surface area contributed by atoms with Crippen molar-refractivity contribution in [3.8, 4) is 0 Å². The van der Waals surface area contributed by atoms with Gasteiger partial charge >= 0.3 is 0 Å². The quantitative estimate of drug-likeness (QED) is 0.0446. The number of aryl methyl sites for hydroxylation is 2. The fraction of sp³-hybridized carbons (Fsp3) is 0.485. The SMILES string of the molecule is C.CCCNc1cc(N2CCC2)nc2cc([C@@H]3CCCCN3C(=O)c3cc(Cl)ccc3NS(C)(=O)=O)nn12.CS(=O)(=O)Nc1ccc(Cl)cc1C(=O)N1CCCC[C@H]1c1cc2nc(N3CCC3)cc(N3CCC[C@@H](CO)C3)n2n1.Cc1cn2nc([C@@H]3CCCCN3C(=O)c3cc4ccccc4[nH]3)cc2nc1N1CC[C@H](C)C1.Cc1cn2nc([C@@H]3CCCCN3C(=O)c3ncccc3Cl)cc2nc1N1CC[C@H](C)C1. The van der Waals surface area contributed by atoms with E-state index in [1.54, 1.807) is 40.3 Å². The molecule has 9 aliphatic heterocycles. The zero-order chi connectivity index (χ0) is 98.9. The van der Waals surface area contributed by atoms with E-state index in [-0.39, 0.29) is 90.2 Å². The van der Waals surface area contributed by atoms with E-state index in [1.807, 2.05) is 82.5 Å². The first-order valence-electron chi connectivity index (χ1n) is 50.1. The van der Waals surface area contributed by atoms with Crippen LogP contribution in [0.4, 0.5) is 46.3 Å². The first-order valence-corrected chi connectivity index (χ1v) is 55.0. The molecule has 5 N–H and O–H groups in total. The number of hydrogen-bond donors (Lipinski definition) is 5. The highest BCUT2D eigenvalue weighted by Crippen LogP contribution is 2.43. The molecule has 19 heterocycles. The van der Waals surface area contributed by atoms with Crippen LogP contribution in [0.25, 0.3) is 33.5 Å². The number of fused-ring (bicyclic) bond motifs is 5. The molecule has 13 aromatic rings. The number of anilines is 8. The number of piperidine rings is 5. The third kappa shape index (κ3) is 22.4. The van der Waals surface area contributed by atoms with E-state index >= 15 is 0 Å². The first kappa shape index (κ1) is 101. The minimum Gasteiger partial charge on any atom is -0.396 e. The maximum atomic E-state index is 14.0. The summed E-state index contributed by atoms with van der Waals surface area (Å²) in [5, 5.41) is 35.1. The number of aliphatic hydroxyl groups excluding tert-OH is 1. The molecule has 40 heteroatoms. The van der Waals surface area contributed by atoms with Gasteiger partial charge in [-0.05, 0) is 214 Å². The summed E-state index contributed by atoms with van der Waals surface area (Å²) in [5.41, 5.74) is 11.5. The van der Waals surface area contributed by atoms with Crippen molar-refractivity contribution in [1.82, 2.24) is 88.0 Å². The topological polar surface area (TPSA) is 371 Å². The first-order chi connectivity index (χ1) is 68.5. The zero-order valence-electron chi connectivity index (χ0n) is 81.5. The van der Waals surface area contributed by atoms with Gasteiger partial charge in [0.05, 0.1) is 87.0 Å². The van der Waals surface area contributed by atoms with Gasteiger partial charge < -0.3 is 59.5 Å². The number of nitrogens with one attached hydrogen (secondary N) is 4. The van der Waals surface area contributed by atoms with E-state index in [9.17, 15) is 41.1 Å². The Balaban J connectivity index is 0.000000126. The zero-order valence-corrected chi connectivity index (χ0v) is 85.4. The van der Waals surface area contributed by atoms with Crippen molar-refractivity contribution in [2.24, 2.45) is 17.8 Å².